The molecule has 0 spiro atoms. The van der Waals surface area contributed by atoms with Crippen LogP contribution in [0.1, 0.15) is 78.6 Å². The van der Waals surface area contributed by atoms with Crippen LogP contribution in [0.5, 0.6) is 0 Å². The van der Waals surface area contributed by atoms with E-state index in [1.807, 2.05) is 25.7 Å². The van der Waals surface area contributed by atoms with Gasteiger partial charge in [-0.2, -0.15) is 0 Å². The molecule has 0 aromatic rings. The van der Waals surface area contributed by atoms with Crippen molar-refractivity contribution in [1.29, 1.82) is 0 Å². The molecule has 0 aromatic heterocycles. The summed E-state index contributed by atoms with van der Waals surface area (Å²) in [6.07, 6.45) is 9.23. The van der Waals surface area contributed by atoms with E-state index >= 15 is 0 Å². The van der Waals surface area contributed by atoms with Gasteiger partial charge in [0.1, 0.15) is 5.60 Å². The highest BCUT2D eigenvalue weighted by Gasteiger charge is 2.43. The number of nitrogens with zero attached hydrogens (tertiary/aromatic N) is 1. The van der Waals surface area contributed by atoms with E-state index in [1.165, 1.54) is 32.1 Å². The molecule has 6 heteroatoms. The molecule has 1 saturated carbocycles. The molecule has 0 unspecified atom stereocenters. The Hall–Kier alpha value is -0.970. The fraction of sp³-hybridized carbons (Fsp3) is 0.905. The summed E-state index contributed by atoms with van der Waals surface area (Å²) in [5, 5.41) is 3.18. The van der Waals surface area contributed by atoms with Crippen LogP contribution >= 0.6 is 11.6 Å². The number of alkyl halides is 1. The number of carbonyl (C=O) groups excluding carboxylic acids is 2. The molecule has 2 fully saturated rings. The van der Waals surface area contributed by atoms with Gasteiger partial charge in [0.2, 0.25) is 5.91 Å². The summed E-state index contributed by atoms with van der Waals surface area (Å²) < 4.78 is 5.54. The van der Waals surface area contributed by atoms with Crippen LogP contribution in [-0.4, -0.2) is 48.0 Å². The van der Waals surface area contributed by atoms with Crippen LogP contribution in [0.15, 0.2) is 0 Å². The molecule has 2 aliphatic rings. The number of likely N-dealkylation sites (tertiary alicyclic amines) is 1. The van der Waals surface area contributed by atoms with E-state index in [0.717, 1.165) is 25.8 Å². The Morgan fingerprint density at radius 1 is 1.15 bits per heavy atom. The largest absolute Gasteiger partial charge is 0.444 e. The Morgan fingerprint density at radius 2 is 1.78 bits per heavy atom. The molecule has 1 heterocycles. The third kappa shape index (κ3) is 6.85. The van der Waals surface area contributed by atoms with E-state index in [4.69, 9.17) is 16.3 Å². The summed E-state index contributed by atoms with van der Waals surface area (Å²) >= 11 is 5.71. The van der Waals surface area contributed by atoms with Gasteiger partial charge < -0.3 is 15.0 Å². The Kier molecular flexibility index (Phi) is 8.26. The molecule has 1 aliphatic carbocycles. The molecule has 27 heavy (non-hydrogen) atoms. The van der Waals surface area contributed by atoms with Gasteiger partial charge in [0.25, 0.3) is 0 Å². The van der Waals surface area contributed by atoms with Crippen molar-refractivity contribution in [2.45, 2.75) is 84.2 Å². The number of nitrogens with one attached hydrogen (secondary N) is 1. The molecule has 0 radical (unpaired) electrons. The fourth-order valence-electron chi connectivity index (χ4n) is 4.50. The zero-order chi connectivity index (χ0) is 19.9. The summed E-state index contributed by atoms with van der Waals surface area (Å²) in [5.41, 5.74) is -0.360. The predicted molar refractivity (Wildman–Crippen MR) is 109 cm³/mol. The standard InChI is InChI=1S/C21H37ClN2O3/c1-20(2,3)27-19(26)24-14-11-21(12-15-24,17-8-5-4-6-9-17)16-23-18(25)10-7-13-22/h17H,4-16H2,1-3H3,(H,23,25). The monoisotopic (exact) mass is 400 g/mol. The number of piperidine rings is 1. The first kappa shape index (κ1) is 22.3. The van der Waals surface area contributed by atoms with Crippen molar-refractivity contribution >= 4 is 23.6 Å². The highest BCUT2D eigenvalue weighted by Crippen LogP contribution is 2.45. The van der Waals surface area contributed by atoms with Crippen LogP contribution in [0, 0.1) is 11.3 Å². The number of halogens is 1. The smallest absolute Gasteiger partial charge is 0.410 e. The van der Waals surface area contributed by atoms with E-state index in [0.29, 0.717) is 31.3 Å². The lowest BCUT2D eigenvalue weighted by atomic mass is 9.63. The zero-order valence-electron chi connectivity index (χ0n) is 17.3. The fourth-order valence-corrected chi connectivity index (χ4v) is 4.63. The normalized spacial score (nSPS) is 21.0. The van der Waals surface area contributed by atoms with Crippen molar-refractivity contribution in [1.82, 2.24) is 10.2 Å². The lowest BCUT2D eigenvalue weighted by Crippen LogP contribution is -2.52. The zero-order valence-corrected chi connectivity index (χ0v) is 18.1. The summed E-state index contributed by atoms with van der Waals surface area (Å²) in [6.45, 7) is 7.85. The molecule has 156 valence electrons. The maximum atomic E-state index is 12.4. The van der Waals surface area contributed by atoms with Crippen molar-refractivity contribution in [2.24, 2.45) is 11.3 Å². The van der Waals surface area contributed by atoms with Crippen LogP contribution in [0.4, 0.5) is 4.79 Å². The van der Waals surface area contributed by atoms with Gasteiger partial charge in [0, 0.05) is 31.9 Å². The average molecular weight is 401 g/mol. The van der Waals surface area contributed by atoms with E-state index in [-0.39, 0.29) is 17.4 Å². The lowest BCUT2D eigenvalue weighted by molar-refractivity contribution is -0.122. The first-order valence-electron chi connectivity index (χ1n) is 10.6. The van der Waals surface area contributed by atoms with Crippen LogP contribution in [-0.2, 0) is 9.53 Å². The summed E-state index contributed by atoms with van der Waals surface area (Å²) in [6, 6.07) is 0. The maximum Gasteiger partial charge on any atom is 0.410 e. The van der Waals surface area contributed by atoms with Gasteiger partial charge in [0.15, 0.2) is 0 Å². The van der Waals surface area contributed by atoms with Gasteiger partial charge in [0.05, 0.1) is 0 Å². The molecule has 0 bridgehead atoms. The number of rotatable bonds is 6. The predicted octanol–water partition coefficient (Wildman–Crippen LogP) is 4.72. The third-order valence-electron chi connectivity index (χ3n) is 6.06. The van der Waals surface area contributed by atoms with Crippen LogP contribution in [0.25, 0.3) is 0 Å². The molecular formula is C21H37ClN2O3. The Morgan fingerprint density at radius 3 is 2.33 bits per heavy atom. The Balaban J connectivity index is 1.98. The van der Waals surface area contributed by atoms with Crippen LogP contribution in [0.3, 0.4) is 0 Å². The Labute approximate surface area is 169 Å². The van der Waals surface area contributed by atoms with E-state index in [2.05, 4.69) is 5.32 Å². The minimum absolute atomic E-state index is 0.0976. The minimum Gasteiger partial charge on any atom is -0.444 e. The highest BCUT2D eigenvalue weighted by molar-refractivity contribution is 6.17. The van der Waals surface area contributed by atoms with Gasteiger partial charge in [-0.3, -0.25) is 4.79 Å². The van der Waals surface area contributed by atoms with Crippen LogP contribution in [0.2, 0.25) is 0 Å². The topological polar surface area (TPSA) is 58.6 Å². The van der Waals surface area contributed by atoms with Gasteiger partial charge >= 0.3 is 6.09 Å². The molecular weight excluding hydrogens is 364 g/mol. The number of hydrogen-bond acceptors (Lipinski definition) is 3. The number of amides is 2. The highest BCUT2D eigenvalue weighted by atomic mass is 35.5. The molecule has 0 aromatic carbocycles. The number of carbonyl (C=O) groups is 2. The molecule has 1 saturated heterocycles. The van der Waals surface area contributed by atoms with Crippen molar-refractivity contribution in [3.8, 4) is 0 Å². The van der Waals surface area contributed by atoms with Crippen molar-refractivity contribution in [3.05, 3.63) is 0 Å². The van der Waals surface area contributed by atoms with Crippen LogP contribution < -0.4 is 5.32 Å². The first-order valence-corrected chi connectivity index (χ1v) is 11.1. The van der Waals surface area contributed by atoms with E-state index in [1.54, 1.807) is 0 Å². The average Bonchev–Trinajstić information content (AvgIpc) is 2.64. The summed E-state index contributed by atoms with van der Waals surface area (Å²) in [7, 11) is 0. The molecule has 1 N–H and O–H groups in total. The second-order valence-electron chi connectivity index (χ2n) is 9.23. The third-order valence-corrected chi connectivity index (χ3v) is 6.32. The number of hydrogen-bond donors (Lipinski definition) is 1. The maximum absolute atomic E-state index is 12.4. The molecule has 2 rings (SSSR count). The second kappa shape index (κ2) is 9.99. The molecule has 5 nitrogen and oxygen atoms in total. The molecule has 2 amide bonds. The summed E-state index contributed by atoms with van der Waals surface area (Å²) in [4.78, 5) is 26.4. The second-order valence-corrected chi connectivity index (χ2v) is 9.61. The van der Waals surface area contributed by atoms with Crippen molar-refractivity contribution in [2.75, 3.05) is 25.5 Å². The van der Waals surface area contributed by atoms with E-state index in [9.17, 15) is 9.59 Å². The van der Waals surface area contributed by atoms with Gasteiger partial charge in [-0.15, -0.1) is 11.6 Å². The quantitative estimate of drug-likeness (QED) is 0.656. The molecule has 0 atom stereocenters. The molecule has 1 aliphatic heterocycles. The minimum atomic E-state index is -0.467. The number of ether oxygens (including phenoxy) is 1. The van der Waals surface area contributed by atoms with Gasteiger partial charge in [-0.1, -0.05) is 19.3 Å². The van der Waals surface area contributed by atoms with Crippen molar-refractivity contribution in [3.63, 3.8) is 0 Å². The first-order chi connectivity index (χ1) is 12.8. The van der Waals surface area contributed by atoms with E-state index < -0.39 is 5.60 Å². The lowest BCUT2D eigenvalue weighted by Gasteiger charge is -2.48. The summed E-state index contributed by atoms with van der Waals surface area (Å²) in [5.74, 6) is 1.26. The van der Waals surface area contributed by atoms with Gasteiger partial charge in [-0.05, 0) is 64.2 Å². The van der Waals surface area contributed by atoms with Crippen molar-refractivity contribution < 1.29 is 14.3 Å². The Bertz CT molecular complexity index is 490. The van der Waals surface area contributed by atoms with Gasteiger partial charge in [-0.25, -0.2) is 4.79 Å². The SMILES string of the molecule is CC(C)(C)OC(=O)N1CCC(CNC(=O)CCCCl)(C2CCCCC2)CC1.